The molecule has 0 saturated carbocycles. The second-order valence-electron chi connectivity index (χ2n) is 6.26. The van der Waals surface area contributed by atoms with E-state index in [1.54, 1.807) is 14.2 Å². The van der Waals surface area contributed by atoms with Crippen molar-refractivity contribution in [3.8, 4) is 17.2 Å². The Morgan fingerprint density at radius 3 is 2.42 bits per heavy atom. The van der Waals surface area contributed by atoms with Crippen molar-refractivity contribution in [1.82, 2.24) is 4.57 Å². The van der Waals surface area contributed by atoms with Gasteiger partial charge in [-0.2, -0.15) is 4.99 Å². The van der Waals surface area contributed by atoms with Crippen molar-refractivity contribution in [3.63, 3.8) is 0 Å². The van der Waals surface area contributed by atoms with Crippen LogP contribution in [0.4, 0.5) is 5.69 Å². The van der Waals surface area contributed by atoms with Crippen molar-refractivity contribution >= 4 is 33.1 Å². The van der Waals surface area contributed by atoms with E-state index in [1.165, 1.54) is 31.6 Å². The molecule has 0 bridgehead atoms. The number of carbonyl (C=O) groups excluding carboxylic acids is 1. The Labute approximate surface area is 181 Å². The molecule has 0 aliphatic heterocycles. The van der Waals surface area contributed by atoms with Crippen LogP contribution in [-0.2, 0) is 11.3 Å². The van der Waals surface area contributed by atoms with Gasteiger partial charge in [-0.15, -0.1) is 0 Å². The molecule has 0 spiro atoms. The standard InChI is InChI=1S/C20H21N3O7S/c1-27-8-7-22-14-6-5-12(28-2)9-18(14)31-20(22)21-19(24)13-10-16(29-3)17(30-4)11-15(13)23(25)26/h5-6,9-11H,7-8H2,1-4H3. The molecule has 0 aliphatic carbocycles. The van der Waals surface area contributed by atoms with Crippen LogP contribution in [0.25, 0.3) is 10.2 Å². The molecule has 0 unspecified atom stereocenters. The van der Waals surface area contributed by atoms with Crippen molar-refractivity contribution in [1.29, 1.82) is 0 Å². The van der Waals surface area contributed by atoms with Crippen molar-refractivity contribution in [2.24, 2.45) is 4.99 Å². The monoisotopic (exact) mass is 447 g/mol. The summed E-state index contributed by atoms with van der Waals surface area (Å²) in [4.78, 5) is 28.5. The topological polar surface area (TPSA) is 114 Å². The lowest BCUT2D eigenvalue weighted by Crippen LogP contribution is -2.19. The third-order valence-corrected chi connectivity index (χ3v) is 5.58. The summed E-state index contributed by atoms with van der Waals surface area (Å²) in [5.74, 6) is 0.244. The lowest BCUT2D eigenvalue weighted by atomic mass is 10.1. The van der Waals surface area contributed by atoms with Gasteiger partial charge in [0.25, 0.3) is 11.6 Å². The molecule has 164 valence electrons. The number of methoxy groups -OCH3 is 4. The highest BCUT2D eigenvalue weighted by Gasteiger charge is 2.24. The molecule has 11 heteroatoms. The van der Waals surface area contributed by atoms with Gasteiger partial charge in [-0.1, -0.05) is 11.3 Å². The first-order chi connectivity index (χ1) is 14.9. The molecule has 1 aromatic heterocycles. The molecule has 0 atom stereocenters. The van der Waals surface area contributed by atoms with Gasteiger partial charge in [0, 0.05) is 19.7 Å². The molecule has 2 aromatic carbocycles. The fourth-order valence-electron chi connectivity index (χ4n) is 3.00. The maximum absolute atomic E-state index is 13.0. The molecule has 10 nitrogen and oxygen atoms in total. The number of thiazole rings is 1. The molecule has 0 radical (unpaired) electrons. The largest absolute Gasteiger partial charge is 0.497 e. The first-order valence-corrected chi connectivity index (χ1v) is 9.91. The number of ether oxygens (including phenoxy) is 4. The molecule has 0 fully saturated rings. The third kappa shape index (κ3) is 4.52. The van der Waals surface area contributed by atoms with Crippen LogP contribution in [-0.4, -0.2) is 50.4 Å². The number of aromatic nitrogens is 1. The minimum absolute atomic E-state index is 0.148. The van der Waals surface area contributed by atoms with Crippen LogP contribution in [0.1, 0.15) is 10.4 Å². The van der Waals surface area contributed by atoms with Gasteiger partial charge in [0.15, 0.2) is 16.3 Å². The highest BCUT2D eigenvalue weighted by Crippen LogP contribution is 2.35. The van der Waals surface area contributed by atoms with E-state index >= 15 is 0 Å². The summed E-state index contributed by atoms with van der Waals surface area (Å²) in [5, 5.41) is 11.5. The number of nitro benzene ring substituents is 1. The van der Waals surface area contributed by atoms with Gasteiger partial charge in [-0.25, -0.2) is 0 Å². The number of carbonyl (C=O) groups is 1. The first-order valence-electron chi connectivity index (χ1n) is 9.09. The van der Waals surface area contributed by atoms with Crippen molar-refractivity contribution in [2.75, 3.05) is 35.0 Å². The predicted molar refractivity (Wildman–Crippen MR) is 114 cm³/mol. The Kier molecular flexibility index (Phi) is 6.88. The van der Waals surface area contributed by atoms with E-state index in [4.69, 9.17) is 18.9 Å². The van der Waals surface area contributed by atoms with Crippen molar-refractivity contribution < 1.29 is 28.7 Å². The quantitative estimate of drug-likeness (QED) is 0.385. The second-order valence-corrected chi connectivity index (χ2v) is 7.27. The minimum Gasteiger partial charge on any atom is -0.497 e. The molecule has 3 rings (SSSR count). The molecule has 1 heterocycles. The summed E-state index contributed by atoms with van der Waals surface area (Å²) < 4.78 is 23.4. The number of rotatable bonds is 8. The Morgan fingerprint density at radius 1 is 1.10 bits per heavy atom. The number of hydrogen-bond donors (Lipinski definition) is 0. The Balaban J connectivity index is 2.19. The van der Waals surface area contributed by atoms with Gasteiger partial charge in [0.05, 0.1) is 49.1 Å². The van der Waals surface area contributed by atoms with Gasteiger partial charge < -0.3 is 23.5 Å². The maximum atomic E-state index is 13.0. The zero-order valence-electron chi connectivity index (χ0n) is 17.4. The van der Waals surface area contributed by atoms with E-state index in [2.05, 4.69) is 4.99 Å². The van der Waals surface area contributed by atoms with E-state index in [9.17, 15) is 14.9 Å². The summed E-state index contributed by atoms with van der Waals surface area (Å²) in [6, 6.07) is 7.92. The fourth-order valence-corrected chi connectivity index (χ4v) is 4.09. The van der Waals surface area contributed by atoms with Gasteiger partial charge in [-0.05, 0) is 18.2 Å². The predicted octanol–water partition coefficient (Wildman–Crippen LogP) is 3.02. The molecule has 3 aromatic rings. The minimum atomic E-state index is -0.766. The van der Waals surface area contributed by atoms with E-state index in [0.29, 0.717) is 23.7 Å². The van der Waals surface area contributed by atoms with Crippen LogP contribution in [0.3, 0.4) is 0 Å². The number of nitrogens with zero attached hydrogens (tertiary/aromatic N) is 3. The molecule has 0 N–H and O–H groups in total. The van der Waals surface area contributed by atoms with Gasteiger partial charge in [0.1, 0.15) is 11.3 Å². The van der Waals surface area contributed by atoms with Crippen molar-refractivity contribution in [3.05, 3.63) is 50.8 Å². The van der Waals surface area contributed by atoms with Crippen LogP contribution in [0, 0.1) is 10.1 Å². The van der Waals surface area contributed by atoms with E-state index in [1.807, 2.05) is 22.8 Å². The van der Waals surface area contributed by atoms with E-state index in [-0.39, 0.29) is 17.1 Å². The molecule has 31 heavy (non-hydrogen) atoms. The SMILES string of the molecule is COCCn1c(=NC(=O)c2cc(OC)c(OC)cc2[N+](=O)[O-])sc2cc(OC)ccc21. The van der Waals surface area contributed by atoms with Gasteiger partial charge in [-0.3, -0.25) is 14.9 Å². The maximum Gasteiger partial charge on any atom is 0.286 e. The third-order valence-electron chi connectivity index (χ3n) is 4.54. The van der Waals surface area contributed by atoms with Crippen LogP contribution in [0.15, 0.2) is 35.3 Å². The number of hydrogen-bond acceptors (Lipinski definition) is 8. The summed E-state index contributed by atoms with van der Waals surface area (Å²) in [6.45, 7) is 0.846. The summed E-state index contributed by atoms with van der Waals surface area (Å²) in [6.07, 6.45) is 0. The van der Waals surface area contributed by atoms with Crippen LogP contribution < -0.4 is 19.0 Å². The number of nitro groups is 1. The molecule has 0 aliphatic rings. The smallest absolute Gasteiger partial charge is 0.286 e. The lowest BCUT2D eigenvalue weighted by molar-refractivity contribution is -0.385. The van der Waals surface area contributed by atoms with Crippen LogP contribution >= 0.6 is 11.3 Å². The Bertz CT molecular complexity index is 1200. The second kappa shape index (κ2) is 9.58. The fraction of sp³-hybridized carbons (Fsp3) is 0.300. The Morgan fingerprint density at radius 2 is 1.81 bits per heavy atom. The van der Waals surface area contributed by atoms with Crippen LogP contribution in [0.5, 0.6) is 17.2 Å². The summed E-state index contributed by atoms with van der Waals surface area (Å²) >= 11 is 1.27. The zero-order valence-corrected chi connectivity index (χ0v) is 18.2. The highest BCUT2D eigenvalue weighted by atomic mass is 32.1. The normalized spacial score (nSPS) is 11.5. The first kappa shape index (κ1) is 22.2. The number of fused-ring (bicyclic) bond motifs is 1. The summed E-state index contributed by atoms with van der Waals surface area (Å²) in [7, 11) is 5.89. The number of amides is 1. The molecule has 1 amide bonds. The highest BCUT2D eigenvalue weighted by molar-refractivity contribution is 7.16. The van der Waals surface area contributed by atoms with E-state index in [0.717, 1.165) is 16.3 Å². The van der Waals surface area contributed by atoms with Gasteiger partial charge in [0.2, 0.25) is 0 Å². The average molecular weight is 447 g/mol. The molecular formula is C20H21N3O7S. The Hall–Kier alpha value is -3.44. The molecular weight excluding hydrogens is 426 g/mol. The summed E-state index contributed by atoms with van der Waals surface area (Å²) in [5.41, 5.74) is 0.227. The number of benzene rings is 2. The van der Waals surface area contributed by atoms with E-state index < -0.39 is 16.5 Å². The van der Waals surface area contributed by atoms with Gasteiger partial charge >= 0.3 is 0 Å². The molecule has 0 saturated heterocycles. The van der Waals surface area contributed by atoms with Crippen LogP contribution in [0.2, 0.25) is 0 Å². The van der Waals surface area contributed by atoms with Crippen molar-refractivity contribution in [2.45, 2.75) is 6.54 Å². The average Bonchev–Trinajstić information content (AvgIpc) is 3.12. The zero-order chi connectivity index (χ0) is 22.5. The lowest BCUT2D eigenvalue weighted by Gasteiger charge is -2.09.